The van der Waals surface area contributed by atoms with Gasteiger partial charge < -0.3 is 9.84 Å². The van der Waals surface area contributed by atoms with Crippen LogP contribution in [0.25, 0.3) is 10.2 Å². The van der Waals surface area contributed by atoms with Gasteiger partial charge in [-0.2, -0.15) is 0 Å². The number of benzene rings is 4. The number of hydrogen-bond donors (Lipinski definition) is 1. The van der Waals surface area contributed by atoms with E-state index in [1.165, 1.54) is 18.2 Å². The molecule has 1 atom stereocenters. The zero-order valence-electron chi connectivity index (χ0n) is 18.8. The number of para-hydroxylation sites is 1. The van der Waals surface area contributed by atoms with Gasteiger partial charge in [0.1, 0.15) is 0 Å². The Hall–Kier alpha value is -3.32. The predicted octanol–water partition coefficient (Wildman–Crippen LogP) is 8.30. The molecular weight excluding hydrogens is 496 g/mol. The number of aliphatic imine (C=N–C) groups is 1. The molecule has 0 unspecified atom stereocenters. The molecule has 1 N–H and O–H groups in total. The Morgan fingerprint density at radius 1 is 0.971 bits per heavy atom. The molecule has 0 amide bonds. The first-order valence-electron chi connectivity index (χ1n) is 10.9. The highest BCUT2D eigenvalue weighted by atomic mass is 35.5. The maximum absolute atomic E-state index is 10.3. The molecule has 35 heavy (non-hydrogen) atoms. The Bertz CT molecular complexity index is 1480. The Balaban J connectivity index is 1.42. The fraction of sp³-hybridized carbons (Fsp3) is 0.0714. The van der Waals surface area contributed by atoms with Crippen molar-refractivity contribution in [1.82, 2.24) is 4.98 Å². The molecule has 0 radical (unpaired) electrons. The molecule has 0 aliphatic heterocycles. The van der Waals surface area contributed by atoms with Gasteiger partial charge >= 0.3 is 0 Å². The predicted molar refractivity (Wildman–Crippen MR) is 147 cm³/mol. The van der Waals surface area contributed by atoms with Crippen molar-refractivity contribution in [3.63, 3.8) is 0 Å². The van der Waals surface area contributed by atoms with Crippen molar-refractivity contribution in [2.75, 3.05) is 7.11 Å². The molecule has 4 aromatic carbocycles. The van der Waals surface area contributed by atoms with E-state index >= 15 is 0 Å². The summed E-state index contributed by atoms with van der Waals surface area (Å²) in [5.41, 5.74) is 4.70. The number of aromatic hydroxyl groups is 1. The number of rotatable bonds is 7. The fourth-order valence-corrected chi connectivity index (χ4v) is 6.22. The number of phenols is 1. The van der Waals surface area contributed by atoms with Gasteiger partial charge in [0, 0.05) is 16.8 Å². The second-order valence-electron chi connectivity index (χ2n) is 7.75. The van der Waals surface area contributed by atoms with Crippen molar-refractivity contribution in [2.24, 2.45) is 4.99 Å². The number of thioether (sulfide) groups is 1. The zero-order valence-corrected chi connectivity index (χ0v) is 21.1. The highest BCUT2D eigenvalue weighted by molar-refractivity contribution is 8.01. The van der Waals surface area contributed by atoms with E-state index in [-0.39, 0.29) is 11.0 Å². The highest BCUT2D eigenvalue weighted by Crippen LogP contribution is 2.43. The molecule has 0 aliphatic carbocycles. The number of fused-ring (bicyclic) bond motifs is 1. The van der Waals surface area contributed by atoms with Crippen molar-refractivity contribution < 1.29 is 9.84 Å². The molecular formula is C28H21ClN2O2S2. The third-order valence-electron chi connectivity index (χ3n) is 5.45. The van der Waals surface area contributed by atoms with Gasteiger partial charge in [-0.15, -0.1) is 11.3 Å². The molecule has 0 saturated heterocycles. The summed E-state index contributed by atoms with van der Waals surface area (Å²) in [5, 5.41) is 11.1. The number of halogens is 1. The Morgan fingerprint density at radius 2 is 1.74 bits per heavy atom. The van der Waals surface area contributed by atoms with E-state index in [4.69, 9.17) is 21.3 Å². The molecule has 0 aliphatic rings. The van der Waals surface area contributed by atoms with Gasteiger partial charge in [-0.05, 0) is 53.6 Å². The van der Waals surface area contributed by atoms with E-state index < -0.39 is 0 Å². The molecule has 5 rings (SSSR count). The van der Waals surface area contributed by atoms with Crippen molar-refractivity contribution in [3.8, 4) is 11.5 Å². The van der Waals surface area contributed by atoms with E-state index in [0.717, 1.165) is 25.3 Å². The van der Waals surface area contributed by atoms with Crippen molar-refractivity contribution >= 4 is 56.8 Å². The molecule has 1 heterocycles. The number of phenolic OH excluding ortho intramolecular Hbond substituents is 1. The maximum atomic E-state index is 10.3. The summed E-state index contributed by atoms with van der Waals surface area (Å²) >= 11 is 9.50. The summed E-state index contributed by atoms with van der Waals surface area (Å²) in [6.45, 7) is 0. The van der Waals surface area contributed by atoms with Gasteiger partial charge in [0.05, 0.1) is 28.3 Å². The lowest BCUT2D eigenvalue weighted by atomic mass is 10.0. The number of methoxy groups -OCH3 is 1. The van der Waals surface area contributed by atoms with Gasteiger partial charge in [-0.25, -0.2) is 4.98 Å². The van der Waals surface area contributed by atoms with Gasteiger partial charge in [-0.3, -0.25) is 4.99 Å². The third kappa shape index (κ3) is 5.35. The summed E-state index contributed by atoms with van der Waals surface area (Å²) in [6, 6.07) is 29.7. The monoisotopic (exact) mass is 516 g/mol. The minimum atomic E-state index is 0.0745. The topological polar surface area (TPSA) is 54.7 Å². The van der Waals surface area contributed by atoms with Gasteiger partial charge in [0.25, 0.3) is 0 Å². The van der Waals surface area contributed by atoms with Crippen LogP contribution in [0.1, 0.15) is 21.9 Å². The lowest BCUT2D eigenvalue weighted by Crippen LogP contribution is -1.96. The Morgan fingerprint density at radius 3 is 2.51 bits per heavy atom. The number of thiazole rings is 1. The van der Waals surface area contributed by atoms with Crippen LogP contribution < -0.4 is 4.74 Å². The van der Waals surface area contributed by atoms with Crippen molar-refractivity contribution in [2.45, 2.75) is 9.59 Å². The first-order chi connectivity index (χ1) is 17.1. The summed E-state index contributed by atoms with van der Waals surface area (Å²) < 4.78 is 7.21. The second kappa shape index (κ2) is 10.5. The van der Waals surface area contributed by atoms with E-state index in [2.05, 4.69) is 41.4 Å². The van der Waals surface area contributed by atoms with Crippen LogP contribution in [0.2, 0.25) is 5.02 Å². The summed E-state index contributed by atoms with van der Waals surface area (Å²) in [7, 11) is 1.53. The quantitative estimate of drug-likeness (QED) is 0.174. The van der Waals surface area contributed by atoms with Crippen LogP contribution >= 0.6 is 34.7 Å². The first kappa shape index (κ1) is 23.4. The number of nitrogens with zero attached hydrogens (tertiary/aromatic N) is 2. The second-order valence-corrected chi connectivity index (χ2v) is 10.6. The van der Waals surface area contributed by atoms with E-state index in [1.54, 1.807) is 41.4 Å². The molecule has 0 fully saturated rings. The molecule has 0 bridgehead atoms. The van der Waals surface area contributed by atoms with Gasteiger partial charge in [0.2, 0.25) is 0 Å². The number of ether oxygens (including phenoxy) is 1. The average Bonchev–Trinajstić information content (AvgIpc) is 3.30. The Labute approximate surface area is 216 Å². The molecule has 0 spiro atoms. The standard InChI is InChI=1S/C28H21ClN2O2S2/c1-33-24-9-5-8-20(26(24)32)17-30-22-14-15-23-25(16-22)34-28(31-23)35-27(18-6-3-2-4-7-18)19-10-12-21(29)13-11-19/h2-17,27,32H,1H3/t27-/m0/s1. The van der Waals surface area contributed by atoms with E-state index in [1.807, 2.05) is 42.5 Å². The fourth-order valence-electron chi connectivity index (χ4n) is 3.67. The summed E-state index contributed by atoms with van der Waals surface area (Å²) in [6.07, 6.45) is 1.64. The van der Waals surface area contributed by atoms with Crippen LogP contribution in [-0.2, 0) is 0 Å². The SMILES string of the molecule is COc1cccc(C=Nc2ccc3nc(S[C@@H](c4ccccc4)c4ccc(Cl)cc4)sc3c2)c1O. The summed E-state index contributed by atoms with van der Waals surface area (Å²) in [4.78, 5) is 9.42. The van der Waals surface area contributed by atoms with E-state index in [9.17, 15) is 5.11 Å². The number of aromatic nitrogens is 1. The van der Waals surface area contributed by atoms with Crippen LogP contribution in [0, 0.1) is 0 Å². The molecule has 0 saturated carbocycles. The maximum Gasteiger partial charge on any atom is 0.166 e. The minimum Gasteiger partial charge on any atom is -0.504 e. The van der Waals surface area contributed by atoms with Crippen LogP contribution in [0.15, 0.2) is 100 Å². The van der Waals surface area contributed by atoms with Crippen LogP contribution in [0.5, 0.6) is 11.5 Å². The molecule has 5 aromatic rings. The molecule has 7 heteroatoms. The van der Waals surface area contributed by atoms with Crippen LogP contribution in [0.4, 0.5) is 5.69 Å². The van der Waals surface area contributed by atoms with Gasteiger partial charge in [0.15, 0.2) is 15.8 Å². The summed E-state index contributed by atoms with van der Waals surface area (Å²) in [5.74, 6) is 0.493. The van der Waals surface area contributed by atoms with Crippen molar-refractivity contribution in [1.29, 1.82) is 0 Å². The highest BCUT2D eigenvalue weighted by Gasteiger charge is 2.18. The molecule has 174 valence electrons. The Kier molecular flexibility index (Phi) is 7.04. The minimum absolute atomic E-state index is 0.0745. The third-order valence-corrected chi connectivity index (χ3v) is 8.13. The molecule has 1 aromatic heterocycles. The normalized spacial score (nSPS) is 12.3. The lowest BCUT2D eigenvalue weighted by molar-refractivity contribution is 0.373. The first-order valence-corrected chi connectivity index (χ1v) is 13.0. The largest absolute Gasteiger partial charge is 0.504 e. The smallest absolute Gasteiger partial charge is 0.166 e. The molecule has 4 nitrogen and oxygen atoms in total. The van der Waals surface area contributed by atoms with Crippen LogP contribution in [-0.4, -0.2) is 23.4 Å². The number of hydrogen-bond acceptors (Lipinski definition) is 6. The zero-order chi connectivity index (χ0) is 24.2. The van der Waals surface area contributed by atoms with Crippen molar-refractivity contribution in [3.05, 3.63) is 113 Å². The lowest BCUT2D eigenvalue weighted by Gasteiger charge is -2.16. The van der Waals surface area contributed by atoms with Gasteiger partial charge in [-0.1, -0.05) is 71.9 Å². The average molecular weight is 517 g/mol. The van der Waals surface area contributed by atoms with E-state index in [0.29, 0.717) is 11.3 Å². The van der Waals surface area contributed by atoms with Crippen LogP contribution in [0.3, 0.4) is 0 Å².